The monoisotopic (exact) mass is 544 g/mol. The van der Waals surface area contributed by atoms with Crippen molar-refractivity contribution in [3.63, 3.8) is 0 Å². The summed E-state index contributed by atoms with van der Waals surface area (Å²) in [5.74, 6) is -0.909. The fourth-order valence-electron chi connectivity index (χ4n) is 4.91. The summed E-state index contributed by atoms with van der Waals surface area (Å²) in [7, 11) is -3.95. The Bertz CT molecular complexity index is 1430. The van der Waals surface area contributed by atoms with Gasteiger partial charge in [0.05, 0.1) is 24.0 Å². The van der Waals surface area contributed by atoms with E-state index in [1.165, 1.54) is 24.3 Å². The summed E-state index contributed by atoms with van der Waals surface area (Å²) in [6.45, 7) is -0.150. The Morgan fingerprint density at radius 1 is 1.03 bits per heavy atom. The molecular weight excluding hydrogens is 518 g/mol. The summed E-state index contributed by atoms with van der Waals surface area (Å²) < 4.78 is 66.6. The third-order valence-electron chi connectivity index (χ3n) is 6.67. The van der Waals surface area contributed by atoms with E-state index in [0.717, 1.165) is 17.7 Å². The van der Waals surface area contributed by atoms with Crippen LogP contribution in [-0.2, 0) is 26.1 Å². The fourth-order valence-corrected chi connectivity index (χ4v) is 5.96. The van der Waals surface area contributed by atoms with Crippen LogP contribution >= 0.6 is 0 Å². The number of benzene rings is 3. The quantitative estimate of drug-likeness (QED) is 0.400. The Morgan fingerprint density at radius 3 is 2.55 bits per heavy atom. The molecule has 0 saturated carbocycles. The number of anilines is 1. The summed E-state index contributed by atoms with van der Waals surface area (Å²) in [5.41, 5.74) is 1.67. The molecule has 0 aliphatic carbocycles. The van der Waals surface area contributed by atoms with Crippen LogP contribution in [0, 0.1) is 11.6 Å². The second-order valence-corrected chi connectivity index (χ2v) is 11.0. The Balaban J connectivity index is 1.28. The van der Waals surface area contributed by atoms with Crippen molar-refractivity contribution in [1.29, 1.82) is 0 Å². The molecular formula is C27H26F2N2O6S. The molecule has 1 saturated heterocycles. The van der Waals surface area contributed by atoms with Crippen molar-refractivity contribution < 1.29 is 36.6 Å². The summed E-state index contributed by atoms with van der Waals surface area (Å²) in [6, 6.07) is 15.3. The van der Waals surface area contributed by atoms with Crippen molar-refractivity contribution in [2.75, 3.05) is 11.3 Å². The lowest BCUT2D eigenvalue weighted by molar-refractivity contribution is -0.142. The van der Waals surface area contributed by atoms with E-state index in [1.807, 2.05) is 0 Å². The number of halogens is 2. The van der Waals surface area contributed by atoms with E-state index in [4.69, 9.17) is 9.47 Å². The largest absolute Gasteiger partial charge is 0.487 e. The van der Waals surface area contributed by atoms with Crippen LogP contribution in [0.1, 0.15) is 29.9 Å². The van der Waals surface area contributed by atoms with Crippen LogP contribution in [0.15, 0.2) is 71.6 Å². The lowest BCUT2D eigenvalue weighted by Gasteiger charge is -2.37. The number of sulfonamides is 1. The van der Waals surface area contributed by atoms with Gasteiger partial charge < -0.3 is 19.9 Å². The SMILES string of the molecule is O=C(C[C@@H]1C[C@H]2c3cc(NS(=O)(=O)c4ccc(F)cc4)ccc3O[C@H]2[C@H](CO)O1)NCc1cccc(F)c1. The van der Waals surface area contributed by atoms with E-state index in [-0.39, 0.29) is 42.1 Å². The van der Waals surface area contributed by atoms with Crippen LogP contribution < -0.4 is 14.8 Å². The van der Waals surface area contributed by atoms with Crippen LogP contribution in [0.25, 0.3) is 0 Å². The Morgan fingerprint density at radius 2 is 1.82 bits per heavy atom. The van der Waals surface area contributed by atoms with Crippen molar-refractivity contribution in [3.8, 4) is 5.75 Å². The molecule has 3 aromatic rings. The highest BCUT2D eigenvalue weighted by Crippen LogP contribution is 2.47. The zero-order valence-electron chi connectivity index (χ0n) is 20.1. The molecule has 0 unspecified atom stereocenters. The highest BCUT2D eigenvalue weighted by atomic mass is 32.2. The molecule has 0 spiro atoms. The van der Waals surface area contributed by atoms with Crippen LogP contribution in [-0.4, -0.2) is 44.4 Å². The predicted molar refractivity (Wildman–Crippen MR) is 134 cm³/mol. The van der Waals surface area contributed by atoms with Crippen LogP contribution in [0.2, 0.25) is 0 Å². The van der Waals surface area contributed by atoms with Crippen LogP contribution in [0.5, 0.6) is 5.75 Å². The Hall–Kier alpha value is -3.54. The van der Waals surface area contributed by atoms with Crippen LogP contribution in [0.4, 0.5) is 14.5 Å². The highest BCUT2D eigenvalue weighted by molar-refractivity contribution is 7.92. The van der Waals surface area contributed by atoms with Gasteiger partial charge in [-0.25, -0.2) is 17.2 Å². The van der Waals surface area contributed by atoms with Crippen LogP contribution in [0.3, 0.4) is 0 Å². The Kier molecular flexibility index (Phi) is 7.33. The molecule has 2 aliphatic rings. The number of carbonyl (C=O) groups excluding carboxylic acids is 1. The molecule has 0 aromatic heterocycles. The van der Waals surface area contributed by atoms with Gasteiger partial charge in [-0.05, 0) is 66.6 Å². The minimum atomic E-state index is -3.95. The lowest BCUT2D eigenvalue weighted by atomic mass is 9.84. The molecule has 5 rings (SSSR count). The van der Waals surface area contributed by atoms with E-state index < -0.39 is 34.2 Å². The number of aliphatic hydroxyl groups excluding tert-OH is 1. The minimum absolute atomic E-state index is 0.0290. The number of ether oxygens (including phenoxy) is 2. The van der Waals surface area contributed by atoms with Crippen molar-refractivity contribution in [3.05, 3.63) is 89.5 Å². The van der Waals surface area contributed by atoms with Crippen molar-refractivity contribution in [1.82, 2.24) is 5.32 Å². The highest BCUT2D eigenvalue weighted by Gasteiger charge is 2.46. The van der Waals surface area contributed by atoms with Gasteiger partial charge in [0.2, 0.25) is 5.91 Å². The third-order valence-corrected chi connectivity index (χ3v) is 8.06. The molecule has 0 bridgehead atoms. The van der Waals surface area contributed by atoms with E-state index in [0.29, 0.717) is 23.4 Å². The molecule has 4 atom stereocenters. The maximum Gasteiger partial charge on any atom is 0.261 e. The van der Waals surface area contributed by atoms with E-state index in [1.54, 1.807) is 30.3 Å². The number of nitrogens with one attached hydrogen (secondary N) is 2. The number of hydrogen-bond acceptors (Lipinski definition) is 6. The summed E-state index contributed by atoms with van der Waals surface area (Å²) in [4.78, 5) is 12.5. The average Bonchev–Trinajstić information content (AvgIpc) is 3.25. The number of rotatable bonds is 8. The smallest absolute Gasteiger partial charge is 0.261 e. The average molecular weight is 545 g/mol. The second-order valence-electron chi connectivity index (χ2n) is 9.33. The summed E-state index contributed by atoms with van der Waals surface area (Å²) in [5, 5.41) is 12.7. The molecule has 3 N–H and O–H groups in total. The molecule has 200 valence electrons. The van der Waals surface area contributed by atoms with Gasteiger partial charge in [-0.1, -0.05) is 12.1 Å². The number of hydrogen-bond donors (Lipinski definition) is 3. The zero-order valence-corrected chi connectivity index (χ0v) is 21.0. The minimum Gasteiger partial charge on any atom is -0.487 e. The molecule has 1 fully saturated rings. The number of aliphatic hydroxyl groups is 1. The van der Waals surface area contributed by atoms with Crippen molar-refractivity contribution in [2.24, 2.45) is 0 Å². The second kappa shape index (κ2) is 10.7. The van der Waals surface area contributed by atoms with Crippen molar-refractivity contribution >= 4 is 21.6 Å². The number of fused-ring (bicyclic) bond motifs is 3. The first kappa shape index (κ1) is 26.1. The van der Waals surface area contributed by atoms with Gasteiger partial charge in [-0.2, -0.15) is 0 Å². The molecule has 38 heavy (non-hydrogen) atoms. The molecule has 3 aromatic carbocycles. The summed E-state index contributed by atoms with van der Waals surface area (Å²) >= 11 is 0. The molecule has 0 radical (unpaired) electrons. The molecule has 2 heterocycles. The van der Waals surface area contributed by atoms with Crippen molar-refractivity contribution in [2.45, 2.75) is 48.5 Å². The maximum atomic E-state index is 13.4. The predicted octanol–water partition coefficient (Wildman–Crippen LogP) is 3.47. The van der Waals surface area contributed by atoms with Gasteiger partial charge in [0.25, 0.3) is 10.0 Å². The van der Waals surface area contributed by atoms with E-state index >= 15 is 0 Å². The molecule has 11 heteroatoms. The topological polar surface area (TPSA) is 114 Å². The van der Waals surface area contributed by atoms with E-state index in [9.17, 15) is 27.1 Å². The zero-order chi connectivity index (χ0) is 26.9. The van der Waals surface area contributed by atoms with Gasteiger partial charge in [0.15, 0.2) is 0 Å². The lowest BCUT2D eigenvalue weighted by Crippen LogP contribution is -2.47. The normalized spacial score (nSPS) is 22.2. The standard InChI is InChI=1S/C27H26F2N2O6S/c28-17-4-7-21(8-5-17)38(34,35)31-19-6-9-24-22(11-19)23-12-20(36-25(15-32)27(23)37-24)13-26(33)30-14-16-2-1-3-18(29)10-16/h1-11,20,23,25,27,31-32H,12-15H2,(H,30,33)/t20-,23-,25-,27+/m0/s1. The molecule has 2 aliphatic heterocycles. The maximum absolute atomic E-state index is 13.4. The van der Waals surface area contributed by atoms with Gasteiger partial charge in [-0.3, -0.25) is 9.52 Å². The van der Waals surface area contributed by atoms with Gasteiger partial charge in [-0.15, -0.1) is 0 Å². The first-order valence-corrected chi connectivity index (χ1v) is 13.6. The number of carbonyl (C=O) groups is 1. The number of amides is 1. The third kappa shape index (κ3) is 5.64. The fraction of sp³-hybridized carbons (Fsp3) is 0.296. The Labute approximate surface area is 218 Å². The first-order chi connectivity index (χ1) is 18.2. The van der Waals surface area contributed by atoms with Gasteiger partial charge in [0, 0.05) is 23.7 Å². The van der Waals surface area contributed by atoms with E-state index in [2.05, 4.69) is 10.0 Å². The van der Waals surface area contributed by atoms with Gasteiger partial charge >= 0.3 is 0 Å². The summed E-state index contributed by atoms with van der Waals surface area (Å²) in [6.07, 6.45) is -1.25. The van der Waals surface area contributed by atoms with Gasteiger partial charge in [0.1, 0.15) is 29.6 Å². The first-order valence-electron chi connectivity index (χ1n) is 12.1. The molecule has 1 amide bonds. The molecule has 8 nitrogen and oxygen atoms in total.